The van der Waals surface area contributed by atoms with Crippen LogP contribution in [-0.4, -0.2) is 29.7 Å². The van der Waals surface area contributed by atoms with Crippen LogP contribution in [0.15, 0.2) is 30.5 Å². The Morgan fingerprint density at radius 1 is 1.35 bits per heavy atom. The second-order valence-electron chi connectivity index (χ2n) is 5.05. The summed E-state index contributed by atoms with van der Waals surface area (Å²) >= 11 is 0. The van der Waals surface area contributed by atoms with Gasteiger partial charge in [0, 0.05) is 28.7 Å². The Hall–Kier alpha value is -2.99. The summed E-state index contributed by atoms with van der Waals surface area (Å²) in [7, 11) is 1.57. The average molecular weight is 311 g/mol. The predicted molar refractivity (Wildman–Crippen MR) is 90.8 cm³/mol. The molecule has 0 fully saturated rings. The van der Waals surface area contributed by atoms with Gasteiger partial charge in [0.2, 0.25) is 0 Å². The molecule has 6 heteroatoms. The minimum Gasteiger partial charge on any atom is -0.495 e. The lowest BCUT2D eigenvalue weighted by atomic mass is 9.97. The van der Waals surface area contributed by atoms with Gasteiger partial charge in [-0.3, -0.25) is 4.79 Å². The van der Waals surface area contributed by atoms with Crippen LogP contribution >= 0.6 is 0 Å². The van der Waals surface area contributed by atoms with E-state index in [0.29, 0.717) is 34.0 Å². The van der Waals surface area contributed by atoms with Crippen molar-refractivity contribution < 1.29 is 14.6 Å². The number of rotatable bonds is 4. The number of aromatic amines is 1. The predicted octanol–water partition coefficient (Wildman–Crippen LogP) is 2.10. The first kappa shape index (κ1) is 14.9. The largest absolute Gasteiger partial charge is 0.495 e. The number of ether oxygens (including phenoxy) is 1. The van der Waals surface area contributed by atoms with E-state index in [1.165, 1.54) is 0 Å². The number of aliphatic hydroxyl groups excluding tert-OH is 1. The van der Waals surface area contributed by atoms with Crippen molar-refractivity contribution in [2.24, 2.45) is 0 Å². The van der Waals surface area contributed by atoms with Crippen LogP contribution in [-0.2, 0) is 4.79 Å². The van der Waals surface area contributed by atoms with Crippen molar-refractivity contribution in [3.05, 3.63) is 47.3 Å². The number of aromatic nitrogens is 1. The maximum atomic E-state index is 12.3. The van der Waals surface area contributed by atoms with Crippen molar-refractivity contribution in [1.29, 1.82) is 0 Å². The third kappa shape index (κ3) is 2.60. The Morgan fingerprint density at radius 3 is 2.91 bits per heavy atom. The molecule has 1 aromatic carbocycles. The molecule has 0 spiro atoms. The Kier molecular flexibility index (Phi) is 3.91. The molecule has 0 aliphatic carbocycles. The highest BCUT2D eigenvalue weighted by molar-refractivity contribution is 6.36. The van der Waals surface area contributed by atoms with Crippen LogP contribution in [0.25, 0.3) is 17.7 Å². The summed E-state index contributed by atoms with van der Waals surface area (Å²) < 4.78 is 5.26. The number of carbonyl (C=O) groups is 1. The van der Waals surface area contributed by atoms with Crippen LogP contribution in [0.3, 0.4) is 0 Å². The van der Waals surface area contributed by atoms with Crippen LogP contribution in [0.1, 0.15) is 16.8 Å². The zero-order valence-electron chi connectivity index (χ0n) is 12.6. The van der Waals surface area contributed by atoms with E-state index in [2.05, 4.69) is 10.3 Å². The molecule has 1 aromatic heterocycles. The number of H-pyrrole nitrogens is 1. The summed E-state index contributed by atoms with van der Waals surface area (Å²) in [5.74, 6) is 0.441. The highest BCUT2D eigenvalue weighted by Gasteiger charge is 2.27. The molecule has 2 heterocycles. The normalized spacial score (nSPS) is 15.2. The van der Waals surface area contributed by atoms with Crippen molar-refractivity contribution in [3.8, 4) is 5.75 Å². The zero-order chi connectivity index (χ0) is 16.4. The Morgan fingerprint density at radius 2 is 2.17 bits per heavy atom. The van der Waals surface area contributed by atoms with Crippen LogP contribution in [0.5, 0.6) is 5.75 Å². The van der Waals surface area contributed by atoms with Gasteiger partial charge in [-0.25, -0.2) is 0 Å². The quantitative estimate of drug-likeness (QED) is 0.513. The maximum Gasteiger partial charge on any atom is 0.256 e. The number of aliphatic hydroxyl groups is 1. The summed E-state index contributed by atoms with van der Waals surface area (Å²) in [5, 5.41) is 11.8. The molecule has 6 nitrogen and oxygen atoms in total. The molecule has 1 aliphatic heterocycles. The Bertz CT molecular complexity index is 818. The SMILES string of the molecule is COc1cc[nH]c1C=C1C(=O)Nc2ccc(N)c(C=CCO)c21. The number of nitrogen functional groups attached to an aromatic ring is 1. The van der Waals surface area contributed by atoms with Crippen molar-refractivity contribution in [3.63, 3.8) is 0 Å². The number of hydrogen-bond donors (Lipinski definition) is 4. The van der Waals surface area contributed by atoms with Gasteiger partial charge in [0.05, 0.1) is 25.0 Å². The fraction of sp³-hybridized carbons (Fsp3) is 0.118. The molecular weight excluding hydrogens is 294 g/mol. The second-order valence-corrected chi connectivity index (χ2v) is 5.05. The molecule has 3 rings (SSSR count). The lowest BCUT2D eigenvalue weighted by Gasteiger charge is -2.08. The van der Waals surface area contributed by atoms with Crippen LogP contribution in [0.4, 0.5) is 11.4 Å². The monoisotopic (exact) mass is 311 g/mol. The van der Waals surface area contributed by atoms with E-state index in [4.69, 9.17) is 15.6 Å². The van der Waals surface area contributed by atoms with E-state index in [-0.39, 0.29) is 12.5 Å². The summed E-state index contributed by atoms with van der Waals surface area (Å²) in [6.07, 6.45) is 6.77. The average Bonchev–Trinajstić information content (AvgIpc) is 3.12. The molecule has 23 heavy (non-hydrogen) atoms. The number of nitrogens with one attached hydrogen (secondary N) is 2. The lowest BCUT2D eigenvalue weighted by molar-refractivity contribution is -0.110. The van der Waals surface area contributed by atoms with E-state index in [9.17, 15) is 4.79 Å². The molecular formula is C17H17N3O3. The fourth-order valence-electron chi connectivity index (χ4n) is 2.62. The first-order valence-corrected chi connectivity index (χ1v) is 7.10. The minimum atomic E-state index is -0.207. The number of fused-ring (bicyclic) bond motifs is 1. The molecule has 0 atom stereocenters. The van der Waals surface area contributed by atoms with Crippen molar-refractivity contribution >= 4 is 35.0 Å². The molecule has 1 aliphatic rings. The summed E-state index contributed by atoms with van der Waals surface area (Å²) in [6, 6.07) is 5.28. The van der Waals surface area contributed by atoms with Crippen molar-refractivity contribution in [2.75, 3.05) is 24.8 Å². The number of amides is 1. The van der Waals surface area contributed by atoms with Gasteiger partial charge in [-0.15, -0.1) is 0 Å². The first-order valence-electron chi connectivity index (χ1n) is 7.10. The lowest BCUT2D eigenvalue weighted by Crippen LogP contribution is -2.03. The van der Waals surface area contributed by atoms with E-state index in [1.54, 1.807) is 49.7 Å². The molecule has 1 amide bonds. The summed E-state index contributed by atoms with van der Waals surface area (Å²) in [5.41, 5.74) is 9.88. The minimum absolute atomic E-state index is 0.103. The van der Waals surface area contributed by atoms with E-state index in [1.807, 2.05) is 0 Å². The second kappa shape index (κ2) is 6.02. The number of anilines is 2. The number of nitrogens with two attached hydrogens (primary N) is 1. The molecule has 0 saturated carbocycles. The van der Waals surface area contributed by atoms with E-state index >= 15 is 0 Å². The standard InChI is InChI=1S/C17H17N3O3/c1-23-15-6-7-19-14(15)9-11-16-10(3-2-8-21)12(18)4-5-13(16)20-17(11)22/h2-7,9,19,21H,8,18H2,1H3,(H,20,22). The van der Waals surface area contributed by atoms with Gasteiger partial charge in [0.25, 0.3) is 5.91 Å². The van der Waals surface area contributed by atoms with Crippen molar-refractivity contribution in [2.45, 2.75) is 0 Å². The molecule has 5 N–H and O–H groups in total. The Balaban J connectivity index is 2.18. The fourth-order valence-corrected chi connectivity index (χ4v) is 2.62. The van der Waals surface area contributed by atoms with E-state index in [0.717, 1.165) is 5.56 Å². The van der Waals surface area contributed by atoms with Gasteiger partial charge < -0.3 is 25.9 Å². The van der Waals surface area contributed by atoms with Gasteiger partial charge in [0.1, 0.15) is 5.75 Å². The number of carbonyl (C=O) groups excluding carboxylic acids is 1. The smallest absolute Gasteiger partial charge is 0.256 e. The molecule has 2 aromatic rings. The van der Waals surface area contributed by atoms with Gasteiger partial charge >= 0.3 is 0 Å². The van der Waals surface area contributed by atoms with Crippen LogP contribution < -0.4 is 15.8 Å². The summed E-state index contributed by atoms with van der Waals surface area (Å²) in [6.45, 7) is -0.103. The maximum absolute atomic E-state index is 12.3. The Labute approximate surface area is 133 Å². The van der Waals surface area contributed by atoms with Crippen molar-refractivity contribution in [1.82, 2.24) is 4.98 Å². The molecule has 0 bridgehead atoms. The third-order valence-electron chi connectivity index (χ3n) is 3.68. The molecule has 0 radical (unpaired) electrons. The first-order chi connectivity index (χ1) is 11.2. The third-order valence-corrected chi connectivity index (χ3v) is 3.68. The zero-order valence-corrected chi connectivity index (χ0v) is 12.6. The van der Waals surface area contributed by atoms with Gasteiger partial charge in [-0.05, 0) is 24.3 Å². The number of hydrogen-bond acceptors (Lipinski definition) is 4. The highest BCUT2D eigenvalue weighted by atomic mass is 16.5. The summed E-state index contributed by atoms with van der Waals surface area (Å²) in [4.78, 5) is 15.4. The van der Waals surface area contributed by atoms with E-state index < -0.39 is 0 Å². The van der Waals surface area contributed by atoms with Gasteiger partial charge in [-0.1, -0.05) is 12.2 Å². The topological polar surface area (TPSA) is 100 Å². The highest BCUT2D eigenvalue weighted by Crippen LogP contribution is 2.39. The van der Waals surface area contributed by atoms with Crippen LogP contribution in [0.2, 0.25) is 0 Å². The van der Waals surface area contributed by atoms with Gasteiger partial charge in [0.15, 0.2) is 0 Å². The van der Waals surface area contributed by atoms with Gasteiger partial charge in [-0.2, -0.15) is 0 Å². The molecule has 0 saturated heterocycles. The van der Waals surface area contributed by atoms with Crippen LogP contribution in [0, 0.1) is 0 Å². The number of benzene rings is 1. The molecule has 118 valence electrons. The molecule has 0 unspecified atom stereocenters. The number of methoxy groups -OCH3 is 1.